The second kappa shape index (κ2) is 8.51. The second-order valence-electron chi connectivity index (χ2n) is 2.29. The van der Waals surface area contributed by atoms with Crippen molar-refractivity contribution in [3.8, 4) is 6.07 Å². The molecule has 1 atom stereocenters. The predicted molar refractivity (Wildman–Crippen MR) is 46.1 cm³/mol. The van der Waals surface area contributed by atoms with Crippen molar-refractivity contribution in [2.75, 3.05) is 19.8 Å². The average molecular weight is 169 g/mol. The Labute approximate surface area is 74.3 Å². The largest absolute Gasteiger partial charge is 0.379 e. The van der Waals surface area contributed by atoms with Crippen LogP contribution < -0.4 is 0 Å². The van der Waals surface area contributed by atoms with Gasteiger partial charge in [-0.05, 0) is 13.3 Å². The van der Waals surface area contributed by atoms with E-state index in [4.69, 9.17) is 14.7 Å². The van der Waals surface area contributed by atoms with E-state index < -0.39 is 0 Å². The van der Waals surface area contributed by atoms with Crippen molar-refractivity contribution >= 4 is 0 Å². The quantitative estimate of drug-likeness (QED) is 0.471. The van der Waals surface area contributed by atoms with Gasteiger partial charge in [0.25, 0.3) is 0 Å². The van der Waals surface area contributed by atoms with Gasteiger partial charge in [-0.3, -0.25) is 0 Å². The van der Waals surface area contributed by atoms with E-state index in [2.05, 4.69) is 13.8 Å². The summed E-state index contributed by atoms with van der Waals surface area (Å²) in [4.78, 5) is 0. The van der Waals surface area contributed by atoms with Gasteiger partial charge in [0.05, 0.1) is 19.3 Å². The maximum Gasteiger partial charge on any atom is 0.104 e. The first-order valence-electron chi connectivity index (χ1n) is 4.00. The summed E-state index contributed by atoms with van der Waals surface area (Å²) in [6, 6.07) is 1.82. The average Bonchev–Trinajstić information content (AvgIpc) is 2.89. The summed E-state index contributed by atoms with van der Waals surface area (Å²) in [5, 5.41) is 7.56. The molecule has 1 heterocycles. The van der Waals surface area contributed by atoms with Crippen LogP contribution in [0.3, 0.4) is 0 Å². The number of rotatable bonds is 4. The molecule has 1 fully saturated rings. The Kier molecular flexibility index (Phi) is 8.09. The van der Waals surface area contributed by atoms with E-state index >= 15 is 0 Å². The van der Waals surface area contributed by atoms with Crippen molar-refractivity contribution in [2.45, 2.75) is 18.9 Å². The summed E-state index contributed by atoms with van der Waals surface area (Å²) in [7, 11) is 0. The highest BCUT2D eigenvalue weighted by Gasteiger charge is 2.21. The molecule has 0 aliphatic carbocycles. The highest BCUT2D eigenvalue weighted by atomic mass is 16.6. The SMILES string of the molecule is [CH2]CC#N.[CH2]CCOCC1CO1. The third-order valence-corrected chi connectivity index (χ3v) is 1.11. The van der Waals surface area contributed by atoms with Crippen LogP contribution in [-0.4, -0.2) is 25.9 Å². The number of hydrogen-bond acceptors (Lipinski definition) is 3. The Morgan fingerprint density at radius 1 is 1.58 bits per heavy atom. The summed E-state index contributed by atoms with van der Waals surface area (Å²) in [5.74, 6) is 0. The Balaban J connectivity index is 0.000000261. The molecule has 0 aromatic carbocycles. The highest BCUT2D eigenvalue weighted by Crippen LogP contribution is 2.08. The van der Waals surface area contributed by atoms with E-state index in [1.54, 1.807) is 0 Å². The van der Waals surface area contributed by atoms with Gasteiger partial charge in [0.15, 0.2) is 0 Å². The molecule has 1 rings (SSSR count). The fourth-order valence-electron chi connectivity index (χ4n) is 0.481. The standard InChI is InChI=1S/C6H11O2.C3H4N/c1-2-3-7-4-6-5-8-6;1-2-3-4/h6H,1-5H2;1-2H2. The van der Waals surface area contributed by atoms with Crippen molar-refractivity contribution in [3.05, 3.63) is 13.8 Å². The predicted octanol–water partition coefficient (Wildman–Crippen LogP) is 1.36. The van der Waals surface area contributed by atoms with Crippen molar-refractivity contribution in [1.29, 1.82) is 5.26 Å². The summed E-state index contributed by atoms with van der Waals surface area (Å²) >= 11 is 0. The summed E-state index contributed by atoms with van der Waals surface area (Å²) in [6.07, 6.45) is 1.63. The number of hydrogen-bond donors (Lipinski definition) is 0. The molecule has 0 aromatic heterocycles. The van der Waals surface area contributed by atoms with E-state index in [1.807, 2.05) is 6.07 Å². The van der Waals surface area contributed by atoms with Crippen LogP contribution in [-0.2, 0) is 9.47 Å². The van der Waals surface area contributed by atoms with Gasteiger partial charge in [-0.15, -0.1) is 0 Å². The molecule has 12 heavy (non-hydrogen) atoms. The van der Waals surface area contributed by atoms with E-state index in [-0.39, 0.29) is 0 Å². The summed E-state index contributed by atoms with van der Waals surface area (Å²) < 4.78 is 10.0. The number of epoxide rings is 1. The van der Waals surface area contributed by atoms with Crippen LogP contribution in [0.5, 0.6) is 0 Å². The fourth-order valence-corrected chi connectivity index (χ4v) is 0.481. The van der Waals surface area contributed by atoms with Crippen molar-refractivity contribution in [1.82, 2.24) is 0 Å². The number of ether oxygens (including phenoxy) is 2. The first kappa shape index (κ1) is 11.4. The molecule has 0 spiro atoms. The molecule has 0 N–H and O–H groups in total. The lowest BCUT2D eigenvalue weighted by Gasteiger charge is -1.95. The minimum absolute atomic E-state index is 0.375. The summed E-state index contributed by atoms with van der Waals surface area (Å²) in [5.41, 5.74) is 0. The normalized spacial score (nSPS) is 18.9. The lowest BCUT2D eigenvalue weighted by molar-refractivity contribution is 0.120. The molecule has 68 valence electrons. The van der Waals surface area contributed by atoms with Gasteiger partial charge in [0.1, 0.15) is 6.10 Å². The van der Waals surface area contributed by atoms with Crippen molar-refractivity contribution in [3.63, 3.8) is 0 Å². The first-order valence-corrected chi connectivity index (χ1v) is 4.00. The fraction of sp³-hybridized carbons (Fsp3) is 0.667. The monoisotopic (exact) mass is 169 g/mol. The van der Waals surface area contributed by atoms with Crippen molar-refractivity contribution in [2.24, 2.45) is 0 Å². The van der Waals surface area contributed by atoms with Crippen LogP contribution in [0.25, 0.3) is 0 Å². The molecular weight excluding hydrogens is 154 g/mol. The van der Waals surface area contributed by atoms with Gasteiger partial charge in [-0.2, -0.15) is 5.26 Å². The summed E-state index contributed by atoms with van der Waals surface area (Å²) in [6.45, 7) is 9.29. The zero-order valence-electron chi connectivity index (χ0n) is 7.29. The molecule has 0 amide bonds. The lowest BCUT2D eigenvalue weighted by atomic mass is 10.5. The molecule has 1 saturated heterocycles. The van der Waals surface area contributed by atoms with E-state index in [9.17, 15) is 0 Å². The highest BCUT2D eigenvalue weighted by molar-refractivity contribution is 4.68. The van der Waals surface area contributed by atoms with Crippen LogP contribution >= 0.6 is 0 Å². The molecule has 1 aliphatic rings. The second-order valence-corrected chi connectivity index (χ2v) is 2.29. The van der Waals surface area contributed by atoms with Gasteiger partial charge in [-0.25, -0.2) is 0 Å². The third kappa shape index (κ3) is 9.41. The molecule has 0 saturated carbocycles. The molecule has 0 bridgehead atoms. The van der Waals surface area contributed by atoms with Crippen LogP contribution in [0, 0.1) is 25.2 Å². The third-order valence-electron chi connectivity index (χ3n) is 1.11. The smallest absolute Gasteiger partial charge is 0.104 e. The van der Waals surface area contributed by atoms with Gasteiger partial charge < -0.3 is 9.47 Å². The van der Waals surface area contributed by atoms with E-state index in [0.717, 1.165) is 26.2 Å². The molecule has 3 nitrogen and oxygen atoms in total. The minimum Gasteiger partial charge on any atom is -0.379 e. The van der Waals surface area contributed by atoms with E-state index in [0.29, 0.717) is 12.5 Å². The Morgan fingerprint density at radius 2 is 2.17 bits per heavy atom. The number of nitriles is 1. The van der Waals surface area contributed by atoms with Crippen LogP contribution in [0.15, 0.2) is 0 Å². The Bertz CT molecular complexity index is 127. The lowest BCUT2D eigenvalue weighted by Crippen LogP contribution is -2.01. The zero-order valence-corrected chi connectivity index (χ0v) is 7.29. The van der Waals surface area contributed by atoms with Gasteiger partial charge in [0, 0.05) is 13.0 Å². The molecule has 0 aromatic rings. The molecular formula is C9H15NO2. The molecule has 1 unspecified atom stereocenters. The zero-order chi connectivity index (χ0) is 9.23. The van der Waals surface area contributed by atoms with E-state index in [1.165, 1.54) is 0 Å². The maximum atomic E-state index is 7.56. The maximum absolute atomic E-state index is 7.56. The van der Waals surface area contributed by atoms with Gasteiger partial charge in [0.2, 0.25) is 0 Å². The van der Waals surface area contributed by atoms with Crippen molar-refractivity contribution < 1.29 is 9.47 Å². The van der Waals surface area contributed by atoms with Crippen LogP contribution in [0.1, 0.15) is 12.8 Å². The molecule has 1 aliphatic heterocycles. The number of nitrogens with zero attached hydrogens (tertiary/aromatic N) is 1. The van der Waals surface area contributed by atoms with Crippen LogP contribution in [0.4, 0.5) is 0 Å². The first-order chi connectivity index (χ1) is 5.85. The Morgan fingerprint density at radius 3 is 2.50 bits per heavy atom. The molecule has 3 heteroatoms. The Hall–Kier alpha value is -0.590. The van der Waals surface area contributed by atoms with Gasteiger partial charge in [-0.1, -0.05) is 6.92 Å². The minimum atomic E-state index is 0.375. The molecule has 2 radical (unpaired) electrons. The topological polar surface area (TPSA) is 45.5 Å². The van der Waals surface area contributed by atoms with Crippen LogP contribution in [0.2, 0.25) is 0 Å². The van der Waals surface area contributed by atoms with Gasteiger partial charge >= 0.3 is 0 Å².